The number of benzene rings is 2. The Labute approximate surface area is 160 Å². The van der Waals surface area contributed by atoms with Gasteiger partial charge < -0.3 is 14.2 Å². The average molecular weight is 379 g/mol. The molecule has 0 aromatic heterocycles. The fourth-order valence-corrected chi connectivity index (χ4v) is 4.69. The number of esters is 1. The number of hydrogen-bond acceptors (Lipinski definition) is 6. The van der Waals surface area contributed by atoms with E-state index in [-0.39, 0.29) is 17.5 Å². The number of carbonyl (C=O) groups is 1. The first-order valence-electron chi connectivity index (χ1n) is 9.01. The minimum atomic E-state index is -1.30. The zero-order valence-electron chi connectivity index (χ0n) is 15.0. The molecule has 2 fully saturated rings. The smallest absolute Gasteiger partial charge is 0.346 e. The van der Waals surface area contributed by atoms with Gasteiger partial charge in [-0.2, -0.15) is 0 Å². The molecule has 0 amide bonds. The molecule has 2 bridgehead atoms. The summed E-state index contributed by atoms with van der Waals surface area (Å²) in [7, 11) is 1.59. The minimum absolute atomic E-state index is 0.0376. The van der Waals surface area contributed by atoms with Gasteiger partial charge in [-0.05, 0) is 48.4 Å². The molecule has 7 nitrogen and oxygen atoms in total. The van der Waals surface area contributed by atoms with Crippen molar-refractivity contribution < 1.29 is 23.9 Å². The lowest BCUT2D eigenvalue weighted by Gasteiger charge is -2.34. The zero-order chi connectivity index (χ0) is 19.5. The fraction of sp³-hybridized carbons (Fsp3) is 0.286. The van der Waals surface area contributed by atoms with Crippen LogP contribution in [0.1, 0.15) is 17.5 Å². The summed E-state index contributed by atoms with van der Waals surface area (Å²) < 4.78 is 17.5. The van der Waals surface area contributed by atoms with Crippen LogP contribution in [-0.2, 0) is 25.7 Å². The van der Waals surface area contributed by atoms with E-state index in [0.29, 0.717) is 11.3 Å². The second-order valence-electron chi connectivity index (χ2n) is 7.22. The molecule has 0 saturated carbocycles. The highest BCUT2D eigenvalue weighted by atomic mass is 16.8. The molecule has 2 aliphatic heterocycles. The Morgan fingerprint density at radius 2 is 1.79 bits per heavy atom. The number of nitro groups is 1. The molecule has 2 saturated heterocycles. The molecule has 0 radical (unpaired) electrons. The van der Waals surface area contributed by atoms with E-state index < -0.39 is 22.3 Å². The molecule has 0 N–H and O–H groups in total. The number of carbonyl (C=O) groups excluding carboxylic acids is 1. The Morgan fingerprint density at radius 1 is 1.11 bits per heavy atom. The van der Waals surface area contributed by atoms with E-state index in [1.165, 1.54) is 12.1 Å². The van der Waals surface area contributed by atoms with Crippen LogP contribution in [0, 0.1) is 22.0 Å². The minimum Gasteiger partial charge on any atom is -0.497 e. The molecule has 4 atom stereocenters. The maximum atomic E-state index is 13.1. The number of nitro benzene ring substituents is 1. The van der Waals surface area contributed by atoms with Crippen LogP contribution < -0.4 is 4.74 Å². The Hall–Kier alpha value is -3.19. The van der Waals surface area contributed by atoms with Gasteiger partial charge in [0.25, 0.3) is 5.69 Å². The van der Waals surface area contributed by atoms with E-state index in [0.717, 1.165) is 12.0 Å². The van der Waals surface area contributed by atoms with E-state index in [2.05, 4.69) is 0 Å². The molecule has 2 aromatic rings. The molecule has 7 heteroatoms. The van der Waals surface area contributed by atoms with Crippen molar-refractivity contribution in [1.82, 2.24) is 0 Å². The van der Waals surface area contributed by atoms with E-state index in [1.807, 2.05) is 36.4 Å². The van der Waals surface area contributed by atoms with Gasteiger partial charge >= 0.3 is 5.97 Å². The number of rotatable bonds is 4. The van der Waals surface area contributed by atoms with Crippen LogP contribution >= 0.6 is 0 Å². The second kappa shape index (κ2) is 5.65. The van der Waals surface area contributed by atoms with Crippen LogP contribution in [0.3, 0.4) is 0 Å². The van der Waals surface area contributed by atoms with Crippen molar-refractivity contribution in [1.29, 1.82) is 0 Å². The summed E-state index contributed by atoms with van der Waals surface area (Å²) in [5.74, 6) is -1.21. The van der Waals surface area contributed by atoms with Gasteiger partial charge in [0.1, 0.15) is 5.75 Å². The first kappa shape index (κ1) is 16.9. The summed E-state index contributed by atoms with van der Waals surface area (Å²) in [5.41, 5.74) is -0.0178. The summed E-state index contributed by atoms with van der Waals surface area (Å²) in [5, 5.41) is 11.0. The number of ether oxygens (including phenoxy) is 3. The molecule has 1 aliphatic carbocycles. The predicted octanol–water partition coefficient (Wildman–Crippen LogP) is 3.43. The van der Waals surface area contributed by atoms with Crippen molar-refractivity contribution >= 4 is 11.7 Å². The van der Waals surface area contributed by atoms with Crippen LogP contribution in [0.15, 0.2) is 60.7 Å². The van der Waals surface area contributed by atoms with Crippen LogP contribution in [-0.4, -0.2) is 18.0 Å². The van der Waals surface area contributed by atoms with Crippen molar-refractivity contribution in [3.05, 3.63) is 81.9 Å². The van der Waals surface area contributed by atoms with Gasteiger partial charge in [0.2, 0.25) is 11.4 Å². The van der Waals surface area contributed by atoms with Crippen LogP contribution in [0.2, 0.25) is 0 Å². The monoisotopic (exact) mass is 379 g/mol. The van der Waals surface area contributed by atoms with Gasteiger partial charge in [-0.25, -0.2) is 4.79 Å². The summed E-state index contributed by atoms with van der Waals surface area (Å²) in [6.07, 6.45) is 4.76. The number of fused-ring (bicyclic) bond motifs is 5. The molecule has 142 valence electrons. The molecule has 2 heterocycles. The lowest BCUT2D eigenvalue weighted by Crippen LogP contribution is -2.44. The fourth-order valence-electron chi connectivity index (χ4n) is 4.69. The largest absolute Gasteiger partial charge is 0.497 e. The molecular weight excluding hydrogens is 362 g/mol. The van der Waals surface area contributed by atoms with Crippen LogP contribution in [0.25, 0.3) is 0 Å². The lowest BCUT2D eigenvalue weighted by atomic mass is 9.73. The van der Waals surface area contributed by atoms with Gasteiger partial charge in [-0.15, -0.1) is 0 Å². The summed E-state index contributed by atoms with van der Waals surface area (Å²) in [6, 6.07) is 13.2. The van der Waals surface area contributed by atoms with Gasteiger partial charge in [-0.3, -0.25) is 10.1 Å². The van der Waals surface area contributed by atoms with Gasteiger partial charge in [0.15, 0.2) is 0 Å². The summed E-state index contributed by atoms with van der Waals surface area (Å²) in [4.78, 5) is 23.6. The van der Waals surface area contributed by atoms with E-state index in [9.17, 15) is 14.9 Å². The predicted molar refractivity (Wildman–Crippen MR) is 97.4 cm³/mol. The van der Waals surface area contributed by atoms with Crippen molar-refractivity contribution in [3.8, 4) is 5.75 Å². The van der Waals surface area contributed by atoms with E-state index in [4.69, 9.17) is 14.2 Å². The Morgan fingerprint density at radius 3 is 2.43 bits per heavy atom. The van der Waals surface area contributed by atoms with Crippen molar-refractivity contribution in [3.63, 3.8) is 0 Å². The Bertz CT molecular complexity index is 999. The lowest BCUT2D eigenvalue weighted by molar-refractivity contribution is -0.384. The van der Waals surface area contributed by atoms with Crippen molar-refractivity contribution in [2.24, 2.45) is 11.8 Å². The molecule has 0 spiro atoms. The van der Waals surface area contributed by atoms with E-state index >= 15 is 0 Å². The number of methoxy groups -OCH3 is 1. The molecule has 5 rings (SSSR count). The highest BCUT2D eigenvalue weighted by molar-refractivity contribution is 5.86. The van der Waals surface area contributed by atoms with Crippen molar-refractivity contribution in [2.45, 2.75) is 17.8 Å². The maximum Gasteiger partial charge on any atom is 0.346 e. The maximum absolute atomic E-state index is 13.1. The first-order valence-corrected chi connectivity index (χ1v) is 9.01. The average Bonchev–Trinajstić information content (AvgIpc) is 3.39. The Balaban J connectivity index is 1.62. The number of non-ortho nitro benzene ring substituents is 1. The highest BCUT2D eigenvalue weighted by Gasteiger charge is 2.75. The van der Waals surface area contributed by atoms with Crippen LogP contribution in [0.5, 0.6) is 5.75 Å². The molecule has 0 unspecified atom stereocenters. The molecule has 3 aliphatic rings. The third kappa shape index (κ3) is 1.99. The quantitative estimate of drug-likeness (QED) is 0.350. The third-order valence-corrected chi connectivity index (χ3v) is 5.98. The molecule has 2 aromatic carbocycles. The number of nitrogens with zero attached hydrogens (tertiary/aromatic N) is 1. The van der Waals surface area contributed by atoms with Gasteiger partial charge in [0, 0.05) is 29.5 Å². The van der Waals surface area contributed by atoms with Crippen molar-refractivity contribution in [2.75, 3.05) is 7.11 Å². The second-order valence-corrected chi connectivity index (χ2v) is 7.22. The standard InChI is InChI=1S/C21H17NO6/c1-26-16-11-7-14(8-12-16)21-18-4-2-3-17(18)20(28-21,19(23)27-21)13-5-9-15(10-6-13)22(24)25/h2-3,5-12,17-18H,4H2,1H3/t17-,18+,20-,21+/m1/s1. The molecular formula is C21H17NO6. The zero-order valence-corrected chi connectivity index (χ0v) is 15.0. The topological polar surface area (TPSA) is 87.9 Å². The van der Waals surface area contributed by atoms with Gasteiger partial charge in [0.05, 0.1) is 12.0 Å². The van der Waals surface area contributed by atoms with Crippen LogP contribution in [0.4, 0.5) is 5.69 Å². The number of hydrogen-bond donors (Lipinski definition) is 0. The van der Waals surface area contributed by atoms with Gasteiger partial charge in [-0.1, -0.05) is 12.2 Å². The summed E-state index contributed by atoms with van der Waals surface area (Å²) >= 11 is 0. The normalized spacial score (nSPS) is 32.2. The Kier molecular flexibility index (Phi) is 3.42. The number of allylic oxidation sites excluding steroid dienone is 1. The SMILES string of the molecule is COc1ccc([C@]23OC(=O)[C@](c4ccc([N+](=O)[O-])cc4)(O2)[C@@H]2C=CC[C@@H]23)cc1. The summed E-state index contributed by atoms with van der Waals surface area (Å²) in [6.45, 7) is 0. The molecule has 28 heavy (non-hydrogen) atoms. The van der Waals surface area contributed by atoms with E-state index in [1.54, 1.807) is 19.2 Å². The highest BCUT2D eigenvalue weighted by Crippen LogP contribution is 2.66. The third-order valence-electron chi connectivity index (χ3n) is 5.98. The first-order chi connectivity index (χ1) is 13.5.